The molecular formula is C23H17ClFNOS2. The second-order valence-electron chi connectivity index (χ2n) is 6.24. The third-order valence-corrected chi connectivity index (χ3v) is 6.37. The van der Waals surface area contributed by atoms with Gasteiger partial charge in [0, 0.05) is 15.5 Å². The molecule has 29 heavy (non-hydrogen) atoms. The third kappa shape index (κ3) is 4.64. The van der Waals surface area contributed by atoms with Crippen LogP contribution in [0.15, 0.2) is 77.7 Å². The Labute approximate surface area is 182 Å². The maximum Gasteiger partial charge on any atom is 0.140 e. The topological polar surface area (TPSA) is 22.1 Å². The van der Waals surface area contributed by atoms with Crippen LogP contribution in [0.1, 0.15) is 5.01 Å². The number of hydrogen-bond donors (Lipinski definition) is 0. The average molecular weight is 442 g/mol. The van der Waals surface area contributed by atoms with Crippen LogP contribution in [0.2, 0.25) is 5.02 Å². The maximum atomic E-state index is 14.5. The van der Waals surface area contributed by atoms with Gasteiger partial charge in [0.25, 0.3) is 0 Å². The fourth-order valence-electron chi connectivity index (χ4n) is 2.90. The first kappa shape index (κ1) is 20.0. The summed E-state index contributed by atoms with van der Waals surface area (Å²) in [6, 6.07) is 22.2. The van der Waals surface area contributed by atoms with Gasteiger partial charge in [-0.1, -0.05) is 41.9 Å². The Hall–Kier alpha value is -2.34. The maximum absolute atomic E-state index is 14.5. The Morgan fingerprint density at radius 3 is 2.55 bits per heavy atom. The van der Waals surface area contributed by atoms with E-state index in [1.54, 1.807) is 36.0 Å². The van der Waals surface area contributed by atoms with E-state index in [0.29, 0.717) is 22.0 Å². The van der Waals surface area contributed by atoms with Crippen molar-refractivity contribution in [3.05, 3.63) is 88.6 Å². The lowest BCUT2D eigenvalue weighted by atomic mass is 10.1. The van der Waals surface area contributed by atoms with Gasteiger partial charge in [0.05, 0.1) is 10.6 Å². The highest BCUT2D eigenvalue weighted by Crippen LogP contribution is 2.38. The normalized spacial score (nSPS) is 10.9. The minimum atomic E-state index is -0.290. The van der Waals surface area contributed by atoms with Crippen molar-refractivity contribution in [2.75, 3.05) is 6.26 Å². The van der Waals surface area contributed by atoms with Gasteiger partial charge >= 0.3 is 0 Å². The monoisotopic (exact) mass is 441 g/mol. The van der Waals surface area contributed by atoms with Gasteiger partial charge in [0.15, 0.2) is 0 Å². The van der Waals surface area contributed by atoms with Crippen LogP contribution in [0.25, 0.3) is 21.7 Å². The zero-order valence-corrected chi connectivity index (χ0v) is 18.0. The van der Waals surface area contributed by atoms with Crippen molar-refractivity contribution in [2.45, 2.75) is 11.5 Å². The molecule has 1 aromatic heterocycles. The number of benzene rings is 3. The van der Waals surface area contributed by atoms with E-state index in [9.17, 15) is 4.39 Å². The molecule has 0 aliphatic heterocycles. The molecule has 3 aromatic carbocycles. The summed E-state index contributed by atoms with van der Waals surface area (Å²) in [5.41, 5.74) is 2.13. The summed E-state index contributed by atoms with van der Waals surface area (Å²) in [7, 11) is 0. The first-order valence-corrected chi connectivity index (χ1v) is 11.3. The minimum Gasteiger partial charge on any atom is -0.486 e. The van der Waals surface area contributed by atoms with E-state index in [1.165, 1.54) is 22.3 Å². The molecule has 0 unspecified atom stereocenters. The van der Waals surface area contributed by atoms with Crippen LogP contribution in [0, 0.1) is 5.82 Å². The lowest BCUT2D eigenvalue weighted by molar-refractivity contribution is 0.305. The molecule has 0 amide bonds. The molecule has 0 N–H and O–H groups in total. The first-order valence-electron chi connectivity index (χ1n) is 8.91. The SMILES string of the molecule is CSc1ccc(-c2sc(COc3cccc(Cl)c3)nc2-c2ccccc2F)cc1. The highest BCUT2D eigenvalue weighted by atomic mass is 35.5. The number of ether oxygens (including phenoxy) is 1. The van der Waals surface area contributed by atoms with Crippen molar-refractivity contribution in [3.8, 4) is 27.4 Å². The van der Waals surface area contributed by atoms with E-state index in [0.717, 1.165) is 15.4 Å². The van der Waals surface area contributed by atoms with Crippen molar-refractivity contribution in [2.24, 2.45) is 0 Å². The van der Waals surface area contributed by atoms with Crippen LogP contribution in [0.3, 0.4) is 0 Å². The number of nitrogens with zero attached hydrogens (tertiary/aromatic N) is 1. The molecule has 6 heteroatoms. The van der Waals surface area contributed by atoms with Crippen LogP contribution < -0.4 is 4.74 Å². The summed E-state index contributed by atoms with van der Waals surface area (Å²) in [6.07, 6.45) is 2.04. The molecule has 0 atom stereocenters. The summed E-state index contributed by atoms with van der Waals surface area (Å²) in [6.45, 7) is 0.287. The molecule has 1 heterocycles. The van der Waals surface area contributed by atoms with E-state index < -0.39 is 0 Å². The van der Waals surface area contributed by atoms with Gasteiger partial charge in [-0.15, -0.1) is 23.1 Å². The zero-order chi connectivity index (χ0) is 20.2. The van der Waals surface area contributed by atoms with Crippen molar-refractivity contribution in [1.29, 1.82) is 0 Å². The molecular weight excluding hydrogens is 425 g/mol. The van der Waals surface area contributed by atoms with Crippen molar-refractivity contribution >= 4 is 34.7 Å². The Balaban J connectivity index is 1.71. The Morgan fingerprint density at radius 1 is 1.03 bits per heavy atom. The number of halogens is 2. The molecule has 0 aliphatic carbocycles. The lowest BCUT2D eigenvalue weighted by Crippen LogP contribution is -1.95. The average Bonchev–Trinajstić information content (AvgIpc) is 3.17. The molecule has 4 rings (SSSR count). The summed E-state index contributed by atoms with van der Waals surface area (Å²) >= 11 is 9.22. The van der Waals surface area contributed by atoms with Crippen LogP contribution in [-0.2, 0) is 6.61 Å². The predicted molar refractivity (Wildman–Crippen MR) is 121 cm³/mol. The van der Waals surface area contributed by atoms with E-state index in [-0.39, 0.29) is 12.4 Å². The number of hydrogen-bond acceptors (Lipinski definition) is 4. The van der Waals surface area contributed by atoms with E-state index in [4.69, 9.17) is 21.3 Å². The number of rotatable bonds is 6. The van der Waals surface area contributed by atoms with Gasteiger partial charge in [0.2, 0.25) is 0 Å². The summed E-state index contributed by atoms with van der Waals surface area (Å²) < 4.78 is 20.4. The molecule has 146 valence electrons. The summed E-state index contributed by atoms with van der Waals surface area (Å²) in [5.74, 6) is 0.383. The third-order valence-electron chi connectivity index (χ3n) is 4.31. The predicted octanol–water partition coefficient (Wildman–Crippen LogP) is 7.57. The number of thiazole rings is 1. The molecule has 0 saturated heterocycles. The van der Waals surface area contributed by atoms with Crippen molar-refractivity contribution < 1.29 is 9.13 Å². The van der Waals surface area contributed by atoms with Gasteiger partial charge in [-0.25, -0.2) is 9.37 Å². The van der Waals surface area contributed by atoms with Gasteiger partial charge < -0.3 is 4.74 Å². The number of aromatic nitrogens is 1. The largest absolute Gasteiger partial charge is 0.486 e. The second-order valence-corrected chi connectivity index (χ2v) is 8.64. The molecule has 4 aromatic rings. The van der Waals surface area contributed by atoms with Gasteiger partial charge in [-0.2, -0.15) is 0 Å². The molecule has 0 aliphatic rings. The molecule has 0 spiro atoms. The zero-order valence-electron chi connectivity index (χ0n) is 15.6. The summed E-state index contributed by atoms with van der Waals surface area (Å²) in [5, 5.41) is 1.38. The number of thioether (sulfide) groups is 1. The second kappa shape index (κ2) is 8.99. The van der Waals surface area contributed by atoms with Crippen LogP contribution >= 0.6 is 34.7 Å². The standard InChI is InChI=1S/C23H17ClFNOS2/c1-28-18-11-9-15(10-12-18)23-22(19-7-2-3-8-20(19)25)26-21(29-23)14-27-17-6-4-5-16(24)13-17/h2-13H,14H2,1H3. The highest BCUT2D eigenvalue weighted by molar-refractivity contribution is 7.98. The van der Waals surface area contributed by atoms with E-state index >= 15 is 0 Å². The van der Waals surface area contributed by atoms with E-state index in [1.807, 2.05) is 36.6 Å². The lowest BCUT2D eigenvalue weighted by Gasteiger charge is -2.05. The minimum absolute atomic E-state index is 0.287. The van der Waals surface area contributed by atoms with Gasteiger partial charge in [-0.3, -0.25) is 0 Å². The van der Waals surface area contributed by atoms with Crippen molar-refractivity contribution in [1.82, 2.24) is 4.98 Å². The molecule has 0 bridgehead atoms. The molecule has 0 fully saturated rings. The summed E-state index contributed by atoms with van der Waals surface area (Å²) in [4.78, 5) is 6.81. The molecule has 2 nitrogen and oxygen atoms in total. The van der Waals surface area contributed by atoms with Gasteiger partial charge in [0.1, 0.15) is 23.2 Å². The molecule has 0 saturated carbocycles. The quantitative estimate of drug-likeness (QED) is 0.288. The van der Waals surface area contributed by atoms with Crippen LogP contribution in [-0.4, -0.2) is 11.2 Å². The van der Waals surface area contributed by atoms with Crippen LogP contribution in [0.4, 0.5) is 4.39 Å². The van der Waals surface area contributed by atoms with E-state index in [2.05, 4.69) is 12.1 Å². The fraction of sp³-hybridized carbons (Fsp3) is 0.0870. The van der Waals surface area contributed by atoms with Crippen molar-refractivity contribution in [3.63, 3.8) is 0 Å². The molecule has 0 radical (unpaired) electrons. The Morgan fingerprint density at radius 2 is 1.83 bits per heavy atom. The smallest absolute Gasteiger partial charge is 0.140 e. The highest BCUT2D eigenvalue weighted by Gasteiger charge is 2.18. The van der Waals surface area contributed by atoms with Crippen LogP contribution in [0.5, 0.6) is 5.75 Å². The Kier molecular flexibility index (Phi) is 6.19. The Bertz CT molecular complexity index is 1130. The fourth-order valence-corrected chi connectivity index (χ4v) is 4.49. The first-order chi connectivity index (χ1) is 14.1. The van der Waals surface area contributed by atoms with Gasteiger partial charge in [-0.05, 0) is 54.3 Å².